The average Bonchev–Trinajstić information content (AvgIpc) is 3.32. The third-order valence-electron chi connectivity index (χ3n) is 6.45. The molecule has 0 aliphatic carbocycles. The van der Waals surface area contributed by atoms with Gasteiger partial charge in [-0.15, -0.1) is 11.8 Å². The monoisotopic (exact) mass is 599 g/mol. The van der Waals surface area contributed by atoms with E-state index in [2.05, 4.69) is 10.6 Å². The maximum atomic E-state index is 13.7. The summed E-state index contributed by atoms with van der Waals surface area (Å²) in [6.07, 6.45) is -0.672. The topological polar surface area (TPSA) is 140 Å². The molecule has 42 heavy (non-hydrogen) atoms. The second-order valence-electron chi connectivity index (χ2n) is 12.1. The van der Waals surface area contributed by atoms with Crippen molar-refractivity contribution in [3.05, 3.63) is 58.3 Å². The Morgan fingerprint density at radius 3 is 2.29 bits per heavy atom. The van der Waals surface area contributed by atoms with E-state index < -0.39 is 46.6 Å². The van der Waals surface area contributed by atoms with E-state index in [-0.39, 0.29) is 30.4 Å². The number of rotatable bonds is 7. The van der Waals surface area contributed by atoms with Crippen LogP contribution in [0.5, 0.6) is 0 Å². The van der Waals surface area contributed by atoms with Crippen molar-refractivity contribution in [2.45, 2.75) is 83.6 Å². The molecule has 1 aromatic rings. The van der Waals surface area contributed by atoms with Crippen molar-refractivity contribution in [3.8, 4) is 0 Å². The minimum Gasteiger partial charge on any atom is -0.460 e. The molecule has 3 aliphatic heterocycles. The van der Waals surface area contributed by atoms with Crippen LogP contribution in [0.15, 0.2) is 52.7 Å². The van der Waals surface area contributed by atoms with Gasteiger partial charge in [0.15, 0.2) is 0 Å². The van der Waals surface area contributed by atoms with E-state index in [0.29, 0.717) is 29.7 Å². The minimum absolute atomic E-state index is 0.0473. The van der Waals surface area contributed by atoms with Crippen molar-refractivity contribution >= 4 is 41.6 Å². The van der Waals surface area contributed by atoms with Crippen molar-refractivity contribution in [2.75, 3.05) is 12.3 Å². The molecule has 0 radical (unpaired) electrons. The molecule has 3 amide bonds. The molecule has 1 aromatic carbocycles. The Bertz CT molecular complexity index is 1340. The van der Waals surface area contributed by atoms with E-state index in [1.165, 1.54) is 16.7 Å². The summed E-state index contributed by atoms with van der Waals surface area (Å²) in [6.45, 7) is 10.7. The summed E-state index contributed by atoms with van der Waals surface area (Å²) in [6, 6.07) is 8.14. The molecule has 226 valence electrons. The molecule has 0 unspecified atom stereocenters. The average molecular weight is 600 g/mol. The van der Waals surface area contributed by atoms with Crippen LogP contribution in [0.4, 0.5) is 4.79 Å². The number of β-lactam (4-membered cyclic amide) rings is 1. The van der Waals surface area contributed by atoms with Gasteiger partial charge in [0.2, 0.25) is 5.91 Å². The Labute approximate surface area is 249 Å². The van der Waals surface area contributed by atoms with Crippen LogP contribution in [-0.2, 0) is 40.0 Å². The first-order chi connectivity index (χ1) is 19.6. The maximum absolute atomic E-state index is 13.7. The van der Waals surface area contributed by atoms with Crippen LogP contribution in [0.2, 0.25) is 0 Å². The highest BCUT2D eigenvalue weighted by Gasteiger charge is 2.55. The number of alkyl carbamates (subject to hydrolysis) is 1. The minimum atomic E-state index is -0.930. The first-order valence-electron chi connectivity index (χ1n) is 13.8. The predicted octanol–water partition coefficient (Wildman–Crippen LogP) is 3.34. The highest BCUT2D eigenvalue weighted by atomic mass is 32.2. The van der Waals surface area contributed by atoms with Crippen LogP contribution in [-0.4, -0.2) is 69.7 Å². The number of carbonyl (C=O) groups excluding carboxylic acids is 5. The van der Waals surface area contributed by atoms with Gasteiger partial charge < -0.3 is 24.8 Å². The summed E-state index contributed by atoms with van der Waals surface area (Å²) in [7, 11) is 0. The number of carbonyl (C=O) groups is 5. The van der Waals surface area contributed by atoms with Gasteiger partial charge in [0.05, 0.1) is 6.42 Å². The summed E-state index contributed by atoms with van der Waals surface area (Å²) < 4.78 is 16.5. The first kappa shape index (κ1) is 31.1. The normalized spacial score (nSPS) is 21.6. The van der Waals surface area contributed by atoms with Crippen LogP contribution in [0.25, 0.3) is 0 Å². The first-order valence-corrected chi connectivity index (χ1v) is 14.8. The van der Waals surface area contributed by atoms with Crippen LogP contribution in [0.1, 0.15) is 59.9 Å². The fourth-order valence-electron chi connectivity index (χ4n) is 4.79. The van der Waals surface area contributed by atoms with E-state index in [1.54, 1.807) is 53.7 Å². The van der Waals surface area contributed by atoms with E-state index in [4.69, 9.17) is 14.2 Å². The van der Waals surface area contributed by atoms with Gasteiger partial charge in [-0.25, -0.2) is 9.59 Å². The number of hydrogen-bond donors (Lipinski definition) is 2. The number of esters is 2. The summed E-state index contributed by atoms with van der Waals surface area (Å²) in [4.78, 5) is 66.7. The van der Waals surface area contributed by atoms with Crippen molar-refractivity contribution in [3.63, 3.8) is 0 Å². The molecule has 12 heteroatoms. The van der Waals surface area contributed by atoms with Crippen LogP contribution in [0, 0.1) is 0 Å². The van der Waals surface area contributed by atoms with Crippen molar-refractivity contribution < 1.29 is 38.2 Å². The summed E-state index contributed by atoms with van der Waals surface area (Å²) in [5.74, 6) is -2.03. The lowest BCUT2D eigenvalue weighted by molar-refractivity contribution is -0.154. The Morgan fingerprint density at radius 1 is 1.02 bits per heavy atom. The van der Waals surface area contributed by atoms with Gasteiger partial charge in [-0.3, -0.25) is 19.3 Å². The predicted molar refractivity (Wildman–Crippen MR) is 155 cm³/mol. The number of amides is 3. The van der Waals surface area contributed by atoms with Gasteiger partial charge >= 0.3 is 18.0 Å². The fourth-order valence-corrected chi connectivity index (χ4v) is 6.18. The summed E-state index contributed by atoms with van der Waals surface area (Å²) in [5.41, 5.74) is 0.227. The second-order valence-corrected chi connectivity index (χ2v) is 13.3. The third-order valence-corrected chi connectivity index (χ3v) is 7.73. The SMILES string of the molecule is CC(C)(C)OC(=O)C/C(C1=C(C(=O)OCc2ccccc2)N2C(=O)[C@@H](NC(=O)OC(C)(C)C)[C@H]2SC1)=C1/CCNC1=O. The maximum Gasteiger partial charge on any atom is 0.408 e. The molecule has 11 nitrogen and oxygen atoms in total. The lowest BCUT2D eigenvalue weighted by atomic mass is 9.92. The highest BCUT2D eigenvalue weighted by Crippen LogP contribution is 2.44. The van der Waals surface area contributed by atoms with Crippen LogP contribution < -0.4 is 10.6 Å². The molecule has 0 spiro atoms. The van der Waals surface area contributed by atoms with E-state index in [9.17, 15) is 24.0 Å². The lowest BCUT2D eigenvalue weighted by Gasteiger charge is -2.49. The van der Waals surface area contributed by atoms with Gasteiger partial charge in [-0.05, 0) is 64.7 Å². The quantitative estimate of drug-likeness (QED) is 0.209. The lowest BCUT2D eigenvalue weighted by Crippen LogP contribution is -2.70. The molecule has 3 heterocycles. The zero-order chi connectivity index (χ0) is 30.8. The van der Waals surface area contributed by atoms with E-state index in [0.717, 1.165) is 5.56 Å². The second kappa shape index (κ2) is 12.2. The van der Waals surface area contributed by atoms with E-state index >= 15 is 0 Å². The largest absolute Gasteiger partial charge is 0.460 e. The molecular formula is C30H37N3O8S. The molecule has 2 atom stereocenters. The van der Waals surface area contributed by atoms with Crippen molar-refractivity contribution in [2.24, 2.45) is 0 Å². The van der Waals surface area contributed by atoms with Crippen molar-refractivity contribution in [1.82, 2.24) is 15.5 Å². The number of ether oxygens (including phenoxy) is 3. The van der Waals surface area contributed by atoms with Crippen molar-refractivity contribution in [1.29, 1.82) is 0 Å². The number of nitrogens with one attached hydrogen (secondary N) is 2. The molecule has 0 aromatic heterocycles. The molecule has 2 N–H and O–H groups in total. The van der Waals surface area contributed by atoms with Gasteiger partial charge in [-0.1, -0.05) is 30.3 Å². The summed E-state index contributed by atoms with van der Waals surface area (Å²) in [5, 5.41) is 4.75. The van der Waals surface area contributed by atoms with Crippen LogP contribution in [0.3, 0.4) is 0 Å². The number of fused-ring (bicyclic) bond motifs is 1. The Morgan fingerprint density at radius 2 is 1.69 bits per heavy atom. The Kier molecular flexibility index (Phi) is 9.05. The fraction of sp³-hybridized carbons (Fsp3) is 0.500. The molecule has 2 saturated heterocycles. The van der Waals surface area contributed by atoms with E-state index in [1.807, 2.05) is 18.2 Å². The number of nitrogens with zero attached hydrogens (tertiary/aromatic N) is 1. The number of benzene rings is 1. The molecule has 0 bridgehead atoms. The van der Waals surface area contributed by atoms with Gasteiger partial charge in [0, 0.05) is 17.9 Å². The van der Waals surface area contributed by atoms with Gasteiger partial charge in [-0.2, -0.15) is 0 Å². The van der Waals surface area contributed by atoms with Gasteiger partial charge in [0.1, 0.15) is 34.9 Å². The zero-order valence-corrected chi connectivity index (χ0v) is 25.5. The Balaban J connectivity index is 1.71. The Hall–Kier alpha value is -3.80. The molecule has 4 rings (SSSR count). The zero-order valence-electron chi connectivity index (χ0n) is 24.7. The molecular weight excluding hydrogens is 562 g/mol. The molecule has 2 fully saturated rings. The molecule has 0 saturated carbocycles. The number of hydrogen-bond acceptors (Lipinski definition) is 9. The molecule has 3 aliphatic rings. The van der Waals surface area contributed by atoms with Crippen LogP contribution >= 0.6 is 11.8 Å². The standard InChI is InChI=1S/C30H37N3O8S/c1-29(2,3)40-21(34)14-19(18-12-13-31-24(18)35)20-16-42-26-22(32-28(38)41-30(4,5)6)25(36)33(26)23(20)27(37)39-15-17-10-8-7-9-11-17/h7-11,22,26H,12-16H2,1-6H3,(H,31,35)(H,32,38)/b19-18+/t22-,26-/m1/s1. The number of thioether (sulfide) groups is 1. The smallest absolute Gasteiger partial charge is 0.408 e. The third kappa shape index (κ3) is 7.33. The summed E-state index contributed by atoms with van der Waals surface area (Å²) >= 11 is 1.31. The van der Waals surface area contributed by atoms with Gasteiger partial charge in [0.25, 0.3) is 5.91 Å². The highest BCUT2D eigenvalue weighted by molar-refractivity contribution is 8.00.